The van der Waals surface area contributed by atoms with E-state index in [1.54, 1.807) is 0 Å². The summed E-state index contributed by atoms with van der Waals surface area (Å²) >= 11 is 0. The van der Waals surface area contributed by atoms with Crippen LogP contribution in [0.4, 0.5) is 0 Å². The SMILES string of the molecule is O=C(O)[C@@H]1C[C@H]1CN1CCCC(c2nc3ccccc3o2)C1. The van der Waals surface area contributed by atoms with Crippen LogP contribution in [0.3, 0.4) is 0 Å². The zero-order valence-corrected chi connectivity index (χ0v) is 12.4. The second-order valence-corrected chi connectivity index (χ2v) is 6.56. The molecule has 0 amide bonds. The standard InChI is InChI=1S/C17H20N2O3/c20-17(21)13-8-12(13)10-19-7-3-4-11(9-19)16-18-14-5-1-2-6-15(14)22-16/h1-2,5-6,11-13H,3-4,7-10H2,(H,20,21)/t11?,12-,13+/m0/s1. The Morgan fingerprint density at radius 3 is 3.05 bits per heavy atom. The summed E-state index contributed by atoms with van der Waals surface area (Å²) in [5, 5.41) is 9.02. The maximum Gasteiger partial charge on any atom is 0.306 e. The number of likely N-dealkylation sites (tertiary alicyclic amines) is 1. The van der Waals surface area contributed by atoms with Crippen LogP contribution in [-0.2, 0) is 4.79 Å². The van der Waals surface area contributed by atoms with Crippen LogP contribution in [0.25, 0.3) is 11.1 Å². The Balaban J connectivity index is 1.43. The molecule has 1 saturated carbocycles. The molecule has 1 aliphatic carbocycles. The number of aromatic nitrogens is 1. The summed E-state index contributed by atoms with van der Waals surface area (Å²) in [6.07, 6.45) is 3.05. The lowest BCUT2D eigenvalue weighted by Gasteiger charge is -2.31. The number of nitrogens with zero attached hydrogens (tertiary/aromatic N) is 2. The molecule has 0 spiro atoms. The van der Waals surface area contributed by atoms with Crippen molar-refractivity contribution in [2.45, 2.75) is 25.2 Å². The normalized spacial score (nSPS) is 28.8. The molecule has 0 radical (unpaired) electrons. The summed E-state index contributed by atoms with van der Waals surface area (Å²) in [5.41, 5.74) is 1.77. The first-order valence-electron chi connectivity index (χ1n) is 8.01. The lowest BCUT2D eigenvalue weighted by Crippen LogP contribution is -2.36. The molecule has 2 heterocycles. The van der Waals surface area contributed by atoms with Crippen molar-refractivity contribution in [3.8, 4) is 0 Å². The van der Waals surface area contributed by atoms with Gasteiger partial charge in [0, 0.05) is 19.0 Å². The number of para-hydroxylation sites is 2. The number of rotatable bonds is 4. The predicted octanol–water partition coefficient (Wildman–Crippen LogP) is 2.73. The Morgan fingerprint density at radius 1 is 1.41 bits per heavy atom. The topological polar surface area (TPSA) is 66.6 Å². The highest BCUT2D eigenvalue weighted by atomic mass is 16.4. The highest BCUT2D eigenvalue weighted by Gasteiger charge is 2.44. The number of carboxylic acids is 1. The van der Waals surface area contributed by atoms with E-state index in [2.05, 4.69) is 9.88 Å². The number of benzene rings is 1. The fraction of sp³-hybridized carbons (Fsp3) is 0.529. The predicted molar refractivity (Wildman–Crippen MR) is 81.7 cm³/mol. The van der Waals surface area contributed by atoms with Crippen molar-refractivity contribution < 1.29 is 14.3 Å². The maximum absolute atomic E-state index is 11.0. The zero-order valence-electron chi connectivity index (χ0n) is 12.4. The molecular formula is C17H20N2O3. The number of aliphatic carboxylic acids is 1. The van der Waals surface area contributed by atoms with Crippen molar-refractivity contribution in [2.24, 2.45) is 11.8 Å². The molecule has 5 heteroatoms. The van der Waals surface area contributed by atoms with Gasteiger partial charge in [-0.15, -0.1) is 0 Å². The molecule has 1 aromatic heterocycles. The summed E-state index contributed by atoms with van der Waals surface area (Å²) in [6.45, 7) is 2.88. The van der Waals surface area contributed by atoms with E-state index < -0.39 is 5.97 Å². The summed E-state index contributed by atoms with van der Waals surface area (Å²) in [4.78, 5) is 18.0. The molecule has 2 aromatic rings. The molecule has 2 fully saturated rings. The number of hydrogen-bond acceptors (Lipinski definition) is 4. The fourth-order valence-corrected chi connectivity index (χ4v) is 3.57. The highest BCUT2D eigenvalue weighted by Crippen LogP contribution is 2.40. The van der Waals surface area contributed by atoms with Gasteiger partial charge in [-0.25, -0.2) is 4.98 Å². The third-order valence-electron chi connectivity index (χ3n) is 4.90. The van der Waals surface area contributed by atoms with Gasteiger partial charge in [0.1, 0.15) is 5.52 Å². The minimum atomic E-state index is -0.641. The van der Waals surface area contributed by atoms with Gasteiger partial charge in [-0.2, -0.15) is 0 Å². The van der Waals surface area contributed by atoms with Crippen LogP contribution in [0.1, 0.15) is 31.1 Å². The lowest BCUT2D eigenvalue weighted by atomic mass is 9.97. The van der Waals surface area contributed by atoms with Gasteiger partial charge in [0.2, 0.25) is 0 Å². The first kappa shape index (κ1) is 13.8. The van der Waals surface area contributed by atoms with Crippen LogP contribution in [0.5, 0.6) is 0 Å². The summed E-state index contributed by atoms with van der Waals surface area (Å²) in [5.74, 6) is 0.724. The van der Waals surface area contributed by atoms with E-state index >= 15 is 0 Å². The molecule has 1 aliphatic heterocycles. The van der Waals surface area contributed by atoms with Crippen LogP contribution in [0, 0.1) is 11.8 Å². The van der Waals surface area contributed by atoms with Crippen molar-refractivity contribution >= 4 is 17.1 Å². The Labute approximate surface area is 128 Å². The molecule has 22 heavy (non-hydrogen) atoms. The molecule has 5 nitrogen and oxygen atoms in total. The van der Waals surface area contributed by atoms with E-state index in [-0.39, 0.29) is 5.92 Å². The van der Waals surface area contributed by atoms with E-state index in [0.717, 1.165) is 55.9 Å². The van der Waals surface area contributed by atoms with Gasteiger partial charge in [-0.1, -0.05) is 12.1 Å². The number of piperidine rings is 1. The fourth-order valence-electron chi connectivity index (χ4n) is 3.57. The van der Waals surface area contributed by atoms with Gasteiger partial charge in [0.05, 0.1) is 5.92 Å². The van der Waals surface area contributed by atoms with Crippen molar-refractivity contribution in [1.82, 2.24) is 9.88 Å². The van der Waals surface area contributed by atoms with Crippen LogP contribution in [0.15, 0.2) is 28.7 Å². The Hall–Kier alpha value is -1.88. The average molecular weight is 300 g/mol. The van der Waals surface area contributed by atoms with E-state index in [9.17, 15) is 4.79 Å². The molecule has 1 unspecified atom stereocenters. The van der Waals surface area contributed by atoms with Crippen molar-refractivity contribution in [3.63, 3.8) is 0 Å². The molecule has 1 N–H and O–H groups in total. The Kier molecular flexibility index (Phi) is 3.37. The minimum absolute atomic E-state index is 0.121. The number of carbonyl (C=O) groups is 1. The summed E-state index contributed by atoms with van der Waals surface area (Å²) < 4.78 is 5.90. The summed E-state index contributed by atoms with van der Waals surface area (Å²) in [7, 11) is 0. The number of oxazole rings is 1. The average Bonchev–Trinajstić information content (AvgIpc) is 3.15. The lowest BCUT2D eigenvalue weighted by molar-refractivity contribution is -0.138. The Morgan fingerprint density at radius 2 is 2.27 bits per heavy atom. The van der Waals surface area contributed by atoms with E-state index in [0.29, 0.717) is 11.8 Å². The molecular weight excluding hydrogens is 280 g/mol. The monoisotopic (exact) mass is 300 g/mol. The number of fused-ring (bicyclic) bond motifs is 1. The van der Waals surface area contributed by atoms with Crippen LogP contribution in [-0.4, -0.2) is 40.6 Å². The molecule has 116 valence electrons. The Bertz CT molecular complexity index is 663. The molecule has 3 atom stereocenters. The molecule has 4 rings (SSSR count). The second kappa shape index (κ2) is 5.39. The third kappa shape index (κ3) is 2.61. The molecule has 2 aliphatic rings. The summed E-state index contributed by atoms with van der Waals surface area (Å²) in [6, 6.07) is 7.86. The highest BCUT2D eigenvalue weighted by molar-refractivity contribution is 5.73. The van der Waals surface area contributed by atoms with Crippen LogP contribution < -0.4 is 0 Å². The molecule has 1 saturated heterocycles. The van der Waals surface area contributed by atoms with Crippen LogP contribution in [0.2, 0.25) is 0 Å². The largest absolute Gasteiger partial charge is 0.481 e. The van der Waals surface area contributed by atoms with E-state index in [4.69, 9.17) is 9.52 Å². The van der Waals surface area contributed by atoms with Crippen molar-refractivity contribution in [1.29, 1.82) is 0 Å². The zero-order chi connectivity index (χ0) is 15.1. The smallest absolute Gasteiger partial charge is 0.306 e. The van der Waals surface area contributed by atoms with Gasteiger partial charge < -0.3 is 14.4 Å². The third-order valence-corrected chi connectivity index (χ3v) is 4.90. The van der Waals surface area contributed by atoms with Crippen molar-refractivity contribution in [3.05, 3.63) is 30.2 Å². The first-order valence-corrected chi connectivity index (χ1v) is 8.01. The minimum Gasteiger partial charge on any atom is -0.481 e. The van der Waals surface area contributed by atoms with Gasteiger partial charge in [0.15, 0.2) is 11.5 Å². The molecule has 1 aromatic carbocycles. The van der Waals surface area contributed by atoms with Gasteiger partial charge in [-0.05, 0) is 43.9 Å². The van der Waals surface area contributed by atoms with Gasteiger partial charge >= 0.3 is 5.97 Å². The molecule has 0 bridgehead atoms. The van der Waals surface area contributed by atoms with E-state index in [1.165, 1.54) is 0 Å². The van der Waals surface area contributed by atoms with E-state index in [1.807, 2.05) is 24.3 Å². The van der Waals surface area contributed by atoms with Gasteiger partial charge in [-0.3, -0.25) is 4.79 Å². The number of carboxylic acid groups (broad SMARTS) is 1. The van der Waals surface area contributed by atoms with Crippen molar-refractivity contribution in [2.75, 3.05) is 19.6 Å². The maximum atomic E-state index is 11.0. The quantitative estimate of drug-likeness (QED) is 0.940. The van der Waals surface area contributed by atoms with Gasteiger partial charge in [0.25, 0.3) is 0 Å². The van der Waals surface area contributed by atoms with Crippen LogP contribution >= 0.6 is 0 Å². The first-order chi connectivity index (χ1) is 10.7. The second-order valence-electron chi connectivity index (χ2n) is 6.56. The number of hydrogen-bond donors (Lipinski definition) is 1.